The first kappa shape index (κ1) is 16.9. The van der Waals surface area contributed by atoms with Gasteiger partial charge in [0, 0.05) is 16.7 Å². The van der Waals surface area contributed by atoms with Crippen molar-refractivity contribution in [3.05, 3.63) is 68.7 Å². The van der Waals surface area contributed by atoms with Gasteiger partial charge < -0.3 is 5.32 Å². The van der Waals surface area contributed by atoms with Crippen molar-refractivity contribution in [2.45, 2.75) is 6.92 Å². The smallest absolute Gasteiger partial charge is 0.294 e. The summed E-state index contributed by atoms with van der Waals surface area (Å²) in [5.41, 5.74) is 1.19. The highest BCUT2D eigenvalue weighted by Gasteiger charge is 2.16. The van der Waals surface area contributed by atoms with Gasteiger partial charge in [-0.05, 0) is 42.9 Å². The van der Waals surface area contributed by atoms with E-state index >= 15 is 0 Å². The average Bonchev–Trinajstić information content (AvgIpc) is 2.49. The lowest BCUT2D eigenvalue weighted by atomic mass is 10.1. The van der Waals surface area contributed by atoms with Crippen LogP contribution in [0.5, 0.6) is 0 Å². The van der Waals surface area contributed by atoms with Gasteiger partial charge in [0.15, 0.2) is 5.11 Å². The molecule has 0 heterocycles. The highest BCUT2D eigenvalue weighted by molar-refractivity contribution is 7.80. The summed E-state index contributed by atoms with van der Waals surface area (Å²) in [5, 5.41) is 16.3. The summed E-state index contributed by atoms with van der Waals surface area (Å²) in [5.74, 6) is -0.391. The number of aryl methyl sites for hydroxylation is 1. The number of hydrogen-bond donors (Lipinski definition) is 2. The number of nitro benzene ring substituents is 1. The fourth-order valence-corrected chi connectivity index (χ4v) is 2.28. The van der Waals surface area contributed by atoms with Crippen molar-refractivity contribution in [2.75, 3.05) is 5.32 Å². The summed E-state index contributed by atoms with van der Waals surface area (Å²) in [4.78, 5) is 22.6. The number of halogens is 1. The Bertz CT molecular complexity index is 795. The molecule has 0 atom stereocenters. The van der Waals surface area contributed by atoms with Gasteiger partial charge >= 0.3 is 0 Å². The first-order chi connectivity index (χ1) is 10.9. The molecule has 0 aliphatic carbocycles. The lowest BCUT2D eigenvalue weighted by Gasteiger charge is -2.11. The van der Waals surface area contributed by atoms with Crippen LogP contribution in [0.4, 0.5) is 11.4 Å². The molecule has 0 aliphatic rings. The second-order valence-electron chi connectivity index (χ2n) is 4.64. The van der Waals surface area contributed by atoms with E-state index in [0.29, 0.717) is 5.56 Å². The van der Waals surface area contributed by atoms with Crippen molar-refractivity contribution in [1.82, 2.24) is 5.32 Å². The normalized spacial score (nSPS) is 10.0. The molecular weight excluding hydrogens is 338 g/mol. The van der Waals surface area contributed by atoms with Crippen LogP contribution < -0.4 is 10.6 Å². The summed E-state index contributed by atoms with van der Waals surface area (Å²) < 4.78 is 0. The van der Waals surface area contributed by atoms with E-state index in [-0.39, 0.29) is 21.5 Å². The minimum atomic E-state index is -0.583. The fourth-order valence-electron chi connectivity index (χ4n) is 1.91. The molecule has 118 valence electrons. The molecule has 2 aromatic carbocycles. The Morgan fingerprint density at radius 3 is 2.61 bits per heavy atom. The molecule has 0 radical (unpaired) electrons. The second-order valence-corrected chi connectivity index (χ2v) is 5.49. The zero-order valence-electron chi connectivity index (χ0n) is 12.0. The molecule has 2 N–H and O–H groups in total. The van der Waals surface area contributed by atoms with Gasteiger partial charge in [-0.1, -0.05) is 29.8 Å². The van der Waals surface area contributed by atoms with Crippen molar-refractivity contribution >= 4 is 46.2 Å². The second kappa shape index (κ2) is 7.17. The minimum Gasteiger partial charge on any atom is -0.327 e. The predicted octanol–water partition coefficient (Wildman–Crippen LogP) is 3.68. The molecule has 0 saturated carbocycles. The van der Waals surface area contributed by atoms with E-state index in [1.54, 1.807) is 25.1 Å². The summed E-state index contributed by atoms with van der Waals surface area (Å²) in [6.45, 7) is 1.80. The lowest BCUT2D eigenvalue weighted by molar-refractivity contribution is -0.383. The predicted molar refractivity (Wildman–Crippen MR) is 93.0 cm³/mol. The molecule has 2 rings (SSSR count). The zero-order valence-corrected chi connectivity index (χ0v) is 13.6. The number of hydrogen-bond acceptors (Lipinski definition) is 4. The zero-order chi connectivity index (χ0) is 17.0. The van der Waals surface area contributed by atoms with Gasteiger partial charge in [-0.15, -0.1) is 0 Å². The molecule has 0 bridgehead atoms. The monoisotopic (exact) mass is 349 g/mol. The van der Waals surface area contributed by atoms with Crippen LogP contribution in [-0.2, 0) is 0 Å². The highest BCUT2D eigenvalue weighted by Crippen LogP contribution is 2.27. The maximum atomic E-state index is 12.1. The number of carbonyl (C=O) groups is 1. The van der Waals surface area contributed by atoms with E-state index < -0.39 is 10.8 Å². The number of benzene rings is 2. The van der Waals surface area contributed by atoms with Crippen molar-refractivity contribution < 1.29 is 9.72 Å². The largest absolute Gasteiger partial charge is 0.327 e. The Hall–Kier alpha value is -2.51. The summed E-state index contributed by atoms with van der Waals surface area (Å²) in [7, 11) is 0. The van der Waals surface area contributed by atoms with Gasteiger partial charge in [-0.25, -0.2) is 0 Å². The first-order valence-electron chi connectivity index (χ1n) is 6.50. The third kappa shape index (κ3) is 4.24. The quantitative estimate of drug-likeness (QED) is 0.501. The standard InChI is InChI=1S/C15H12ClN3O3S/c1-9-4-2-3-5-11(9)14(20)18-15(23)17-12-7-6-10(16)8-13(12)19(21)22/h2-8H,1H3,(H2,17,18,20,23). The minimum absolute atomic E-state index is 0.0383. The number of nitro groups is 1. The molecule has 0 spiro atoms. The number of carbonyl (C=O) groups excluding carboxylic acids is 1. The van der Waals surface area contributed by atoms with Crippen molar-refractivity contribution in [2.24, 2.45) is 0 Å². The molecular formula is C15H12ClN3O3S. The third-order valence-electron chi connectivity index (χ3n) is 3.02. The van der Waals surface area contributed by atoms with Crippen LogP contribution in [0.15, 0.2) is 42.5 Å². The maximum Gasteiger partial charge on any atom is 0.294 e. The van der Waals surface area contributed by atoms with Crippen molar-refractivity contribution in [3.63, 3.8) is 0 Å². The number of anilines is 1. The van der Waals surface area contributed by atoms with E-state index in [0.717, 1.165) is 5.56 Å². The average molecular weight is 350 g/mol. The molecule has 0 aliphatic heterocycles. The van der Waals surface area contributed by atoms with Crippen LogP contribution >= 0.6 is 23.8 Å². The van der Waals surface area contributed by atoms with E-state index in [9.17, 15) is 14.9 Å². The van der Waals surface area contributed by atoms with E-state index in [1.165, 1.54) is 18.2 Å². The number of nitrogens with one attached hydrogen (secondary N) is 2. The van der Waals surface area contributed by atoms with Gasteiger partial charge in [-0.2, -0.15) is 0 Å². The fraction of sp³-hybridized carbons (Fsp3) is 0.0667. The molecule has 6 nitrogen and oxygen atoms in total. The summed E-state index contributed by atoms with van der Waals surface area (Å²) in [6.07, 6.45) is 0. The van der Waals surface area contributed by atoms with Crippen LogP contribution in [-0.4, -0.2) is 15.9 Å². The topological polar surface area (TPSA) is 84.3 Å². The number of rotatable bonds is 3. The molecule has 0 aromatic heterocycles. The Labute approximate surface area is 142 Å². The maximum absolute atomic E-state index is 12.1. The van der Waals surface area contributed by atoms with Gasteiger partial charge in [-0.3, -0.25) is 20.2 Å². The highest BCUT2D eigenvalue weighted by atomic mass is 35.5. The number of nitrogens with zero attached hydrogens (tertiary/aromatic N) is 1. The Morgan fingerprint density at radius 2 is 1.96 bits per heavy atom. The number of amides is 1. The van der Waals surface area contributed by atoms with Gasteiger partial charge in [0.2, 0.25) is 0 Å². The Morgan fingerprint density at radius 1 is 1.26 bits per heavy atom. The van der Waals surface area contributed by atoms with E-state index in [4.69, 9.17) is 23.8 Å². The van der Waals surface area contributed by atoms with Crippen LogP contribution in [0.3, 0.4) is 0 Å². The Kier molecular flexibility index (Phi) is 5.25. The molecule has 23 heavy (non-hydrogen) atoms. The van der Waals surface area contributed by atoms with Crippen molar-refractivity contribution in [1.29, 1.82) is 0 Å². The van der Waals surface area contributed by atoms with Crippen LogP contribution in [0.25, 0.3) is 0 Å². The number of thiocarbonyl (C=S) groups is 1. The van der Waals surface area contributed by atoms with Gasteiger partial charge in [0.1, 0.15) is 5.69 Å². The van der Waals surface area contributed by atoms with Crippen LogP contribution in [0, 0.1) is 17.0 Å². The third-order valence-corrected chi connectivity index (χ3v) is 3.46. The molecule has 0 unspecified atom stereocenters. The summed E-state index contributed by atoms with van der Waals surface area (Å²) >= 11 is 10.8. The SMILES string of the molecule is Cc1ccccc1C(=O)NC(=S)Nc1ccc(Cl)cc1[N+](=O)[O-]. The van der Waals surface area contributed by atoms with Crippen molar-refractivity contribution in [3.8, 4) is 0 Å². The lowest BCUT2D eigenvalue weighted by Crippen LogP contribution is -2.34. The van der Waals surface area contributed by atoms with Crippen LogP contribution in [0.1, 0.15) is 15.9 Å². The molecule has 0 fully saturated rings. The first-order valence-corrected chi connectivity index (χ1v) is 7.29. The molecule has 8 heteroatoms. The summed E-state index contributed by atoms with van der Waals surface area (Å²) in [6, 6.07) is 11.1. The van der Waals surface area contributed by atoms with Gasteiger partial charge in [0.25, 0.3) is 11.6 Å². The van der Waals surface area contributed by atoms with E-state index in [2.05, 4.69) is 10.6 Å². The molecule has 1 amide bonds. The Balaban J connectivity index is 2.13. The molecule has 2 aromatic rings. The van der Waals surface area contributed by atoms with Crippen LogP contribution in [0.2, 0.25) is 5.02 Å². The molecule has 0 saturated heterocycles. The van der Waals surface area contributed by atoms with E-state index in [1.807, 2.05) is 6.07 Å². The van der Waals surface area contributed by atoms with Gasteiger partial charge in [0.05, 0.1) is 4.92 Å².